The Hall–Kier alpha value is -2.23. The van der Waals surface area contributed by atoms with Gasteiger partial charge in [-0.15, -0.1) is 0 Å². The molecule has 0 aliphatic heterocycles. The fraction of sp³-hybridized carbons (Fsp3) is 0.200. The largest absolute Gasteiger partial charge is 0.495 e. The maximum Gasteiger partial charge on any atom is 0.142 e. The summed E-state index contributed by atoms with van der Waals surface area (Å²) in [6.07, 6.45) is 0. The molecular weight excluding hydrogens is 243 g/mol. The zero-order valence-electron chi connectivity index (χ0n) is 11.3. The molecule has 19 heavy (non-hydrogen) atoms. The highest BCUT2D eigenvalue weighted by Gasteiger charge is 2.08. The lowest BCUT2D eigenvalue weighted by Gasteiger charge is -2.15. The van der Waals surface area contributed by atoms with E-state index in [-0.39, 0.29) is 5.82 Å². The number of aryl methyl sites for hydroxylation is 2. The number of methoxy groups -OCH3 is 1. The van der Waals surface area contributed by atoms with Crippen molar-refractivity contribution in [3.63, 3.8) is 0 Å². The predicted octanol–water partition coefficient (Wildman–Crippen LogP) is 3.78. The number of hydrogen-bond donors (Lipinski definition) is 2. The van der Waals surface area contributed by atoms with E-state index in [1.54, 1.807) is 7.11 Å². The standard InChI is InChI=1S/C15H17FN2O/c1-9-6-14(15(19-3)7-10(9)2)18-13-8-11(16)4-5-12(13)17/h4-8,18H,17H2,1-3H3. The average molecular weight is 260 g/mol. The van der Waals surface area contributed by atoms with E-state index in [9.17, 15) is 4.39 Å². The van der Waals surface area contributed by atoms with E-state index in [2.05, 4.69) is 5.32 Å². The van der Waals surface area contributed by atoms with Gasteiger partial charge in [-0.2, -0.15) is 0 Å². The van der Waals surface area contributed by atoms with E-state index in [1.807, 2.05) is 26.0 Å². The number of halogens is 1. The second-order valence-electron chi connectivity index (χ2n) is 4.49. The van der Waals surface area contributed by atoms with E-state index in [4.69, 9.17) is 10.5 Å². The summed E-state index contributed by atoms with van der Waals surface area (Å²) in [7, 11) is 1.60. The normalized spacial score (nSPS) is 10.3. The first-order valence-corrected chi connectivity index (χ1v) is 5.98. The molecule has 100 valence electrons. The maximum absolute atomic E-state index is 13.2. The van der Waals surface area contributed by atoms with Gasteiger partial charge in [0.15, 0.2) is 0 Å². The smallest absolute Gasteiger partial charge is 0.142 e. The molecule has 0 fully saturated rings. The van der Waals surface area contributed by atoms with Crippen molar-refractivity contribution in [3.8, 4) is 5.75 Å². The van der Waals surface area contributed by atoms with Crippen LogP contribution in [0.25, 0.3) is 0 Å². The molecule has 4 heteroatoms. The first kappa shape index (κ1) is 13.2. The minimum Gasteiger partial charge on any atom is -0.495 e. The molecule has 0 spiro atoms. The van der Waals surface area contributed by atoms with Crippen LogP contribution >= 0.6 is 0 Å². The highest BCUT2D eigenvalue weighted by Crippen LogP contribution is 2.32. The summed E-state index contributed by atoms with van der Waals surface area (Å²) in [4.78, 5) is 0. The van der Waals surface area contributed by atoms with Gasteiger partial charge in [-0.05, 0) is 55.3 Å². The molecule has 0 aromatic heterocycles. The molecular formula is C15H17FN2O. The first-order valence-electron chi connectivity index (χ1n) is 5.98. The van der Waals surface area contributed by atoms with E-state index in [1.165, 1.54) is 18.2 Å². The lowest BCUT2D eigenvalue weighted by molar-refractivity contribution is 0.416. The molecule has 2 rings (SSSR count). The van der Waals surface area contributed by atoms with Gasteiger partial charge in [0.05, 0.1) is 24.2 Å². The maximum atomic E-state index is 13.2. The molecule has 0 saturated heterocycles. The summed E-state index contributed by atoms with van der Waals surface area (Å²) in [6.45, 7) is 4.02. The molecule has 2 aromatic carbocycles. The Kier molecular flexibility index (Phi) is 3.60. The van der Waals surface area contributed by atoms with E-state index >= 15 is 0 Å². The molecule has 0 aliphatic rings. The SMILES string of the molecule is COc1cc(C)c(C)cc1Nc1cc(F)ccc1N. The Morgan fingerprint density at radius 1 is 1.05 bits per heavy atom. The van der Waals surface area contributed by atoms with Gasteiger partial charge >= 0.3 is 0 Å². The molecule has 0 heterocycles. The molecule has 3 N–H and O–H groups in total. The summed E-state index contributed by atoms with van der Waals surface area (Å²) in [6, 6.07) is 8.12. The first-order chi connectivity index (χ1) is 9.01. The van der Waals surface area contributed by atoms with Gasteiger partial charge < -0.3 is 15.8 Å². The van der Waals surface area contributed by atoms with E-state index in [0.29, 0.717) is 17.1 Å². The Balaban J connectivity index is 2.42. The number of ether oxygens (including phenoxy) is 1. The zero-order valence-corrected chi connectivity index (χ0v) is 11.3. The summed E-state index contributed by atoms with van der Waals surface area (Å²) in [5.41, 5.74) is 9.87. The minimum atomic E-state index is -0.334. The van der Waals surface area contributed by atoms with Gasteiger partial charge in [-0.3, -0.25) is 0 Å². The zero-order chi connectivity index (χ0) is 14.0. The monoisotopic (exact) mass is 260 g/mol. The number of hydrogen-bond acceptors (Lipinski definition) is 3. The summed E-state index contributed by atoms with van der Waals surface area (Å²) >= 11 is 0. The molecule has 0 unspecified atom stereocenters. The second-order valence-corrected chi connectivity index (χ2v) is 4.49. The Labute approximate surface area is 112 Å². The third-order valence-electron chi connectivity index (χ3n) is 3.10. The van der Waals surface area contributed by atoms with Crippen molar-refractivity contribution in [2.24, 2.45) is 0 Å². The topological polar surface area (TPSA) is 47.3 Å². The van der Waals surface area contributed by atoms with Crippen molar-refractivity contribution in [2.75, 3.05) is 18.2 Å². The van der Waals surface area contributed by atoms with Crippen LogP contribution < -0.4 is 15.8 Å². The fourth-order valence-corrected chi connectivity index (χ4v) is 1.84. The van der Waals surface area contributed by atoms with E-state index in [0.717, 1.165) is 16.8 Å². The average Bonchev–Trinajstić information content (AvgIpc) is 2.38. The van der Waals surface area contributed by atoms with Gasteiger partial charge in [-0.25, -0.2) is 4.39 Å². The lowest BCUT2D eigenvalue weighted by Crippen LogP contribution is -2.00. The van der Waals surface area contributed by atoms with Gasteiger partial charge in [0, 0.05) is 0 Å². The molecule has 0 bridgehead atoms. The van der Waals surface area contributed by atoms with Gasteiger partial charge in [0.2, 0.25) is 0 Å². The Morgan fingerprint density at radius 3 is 2.42 bits per heavy atom. The van der Waals surface area contributed by atoms with Crippen LogP contribution in [0, 0.1) is 19.7 Å². The van der Waals surface area contributed by atoms with Crippen LogP contribution in [0.2, 0.25) is 0 Å². The van der Waals surface area contributed by atoms with Gasteiger partial charge in [-0.1, -0.05) is 0 Å². The molecule has 0 aliphatic carbocycles. The summed E-state index contributed by atoms with van der Waals surface area (Å²) < 4.78 is 18.6. The van der Waals surface area contributed by atoms with Crippen molar-refractivity contribution in [1.82, 2.24) is 0 Å². The predicted molar refractivity (Wildman–Crippen MR) is 76.6 cm³/mol. The van der Waals surface area contributed by atoms with Crippen LogP contribution in [0.15, 0.2) is 30.3 Å². The van der Waals surface area contributed by atoms with E-state index < -0.39 is 0 Å². The number of nitrogens with two attached hydrogens (primary N) is 1. The van der Waals surface area contributed by atoms with Crippen molar-refractivity contribution < 1.29 is 9.13 Å². The number of anilines is 3. The highest BCUT2D eigenvalue weighted by atomic mass is 19.1. The number of rotatable bonds is 3. The Morgan fingerprint density at radius 2 is 1.74 bits per heavy atom. The molecule has 3 nitrogen and oxygen atoms in total. The molecule has 0 amide bonds. The van der Waals surface area contributed by atoms with Crippen molar-refractivity contribution in [2.45, 2.75) is 13.8 Å². The van der Waals surface area contributed by atoms with Crippen LogP contribution in [0.4, 0.5) is 21.5 Å². The van der Waals surface area contributed by atoms with Gasteiger partial charge in [0.1, 0.15) is 11.6 Å². The van der Waals surface area contributed by atoms with Crippen molar-refractivity contribution in [1.29, 1.82) is 0 Å². The quantitative estimate of drug-likeness (QED) is 0.826. The minimum absolute atomic E-state index is 0.334. The molecule has 0 atom stereocenters. The third kappa shape index (κ3) is 2.78. The van der Waals surface area contributed by atoms with Crippen molar-refractivity contribution in [3.05, 3.63) is 47.3 Å². The molecule has 2 aromatic rings. The van der Waals surface area contributed by atoms with Crippen molar-refractivity contribution >= 4 is 17.1 Å². The summed E-state index contributed by atoms with van der Waals surface area (Å²) in [5, 5.41) is 3.11. The lowest BCUT2D eigenvalue weighted by atomic mass is 10.1. The number of benzene rings is 2. The highest BCUT2D eigenvalue weighted by molar-refractivity contribution is 5.76. The number of nitrogens with one attached hydrogen (secondary N) is 1. The van der Waals surface area contributed by atoms with Gasteiger partial charge in [0.25, 0.3) is 0 Å². The molecule has 0 saturated carbocycles. The van der Waals surface area contributed by atoms with Crippen LogP contribution in [0.1, 0.15) is 11.1 Å². The third-order valence-corrected chi connectivity index (χ3v) is 3.10. The van der Waals surface area contributed by atoms with Crippen LogP contribution in [0.3, 0.4) is 0 Å². The van der Waals surface area contributed by atoms with Crippen LogP contribution in [-0.2, 0) is 0 Å². The summed E-state index contributed by atoms with van der Waals surface area (Å²) in [5.74, 6) is 0.367. The molecule has 0 radical (unpaired) electrons. The number of nitrogen functional groups attached to an aromatic ring is 1. The van der Waals surface area contributed by atoms with Crippen LogP contribution in [-0.4, -0.2) is 7.11 Å². The Bertz CT molecular complexity index is 611. The fourth-order valence-electron chi connectivity index (χ4n) is 1.84. The second kappa shape index (κ2) is 5.18. The van der Waals surface area contributed by atoms with Crippen LogP contribution in [0.5, 0.6) is 5.75 Å².